The van der Waals surface area contributed by atoms with Crippen LogP contribution in [0.5, 0.6) is 0 Å². The minimum Gasteiger partial charge on any atom is -0.481 e. The van der Waals surface area contributed by atoms with Gasteiger partial charge in [-0.15, -0.1) is 0 Å². The van der Waals surface area contributed by atoms with Gasteiger partial charge in [-0.25, -0.2) is 0 Å². The summed E-state index contributed by atoms with van der Waals surface area (Å²) in [5.74, 6) is -0.925. The van der Waals surface area contributed by atoms with Crippen LogP contribution in [0.2, 0.25) is 0 Å². The van der Waals surface area contributed by atoms with Gasteiger partial charge in [0, 0.05) is 30.3 Å². The van der Waals surface area contributed by atoms with E-state index in [4.69, 9.17) is 5.11 Å². The topological polar surface area (TPSA) is 86.7 Å². The molecule has 0 aromatic heterocycles. The average Bonchev–Trinajstić information content (AvgIpc) is 3.14. The molecule has 2 N–H and O–H groups in total. The number of carbonyl (C=O) groups is 3. The molecule has 2 aliphatic rings. The monoisotopic (exact) mass is 372 g/mol. The first-order valence-electron chi connectivity index (χ1n) is 9.78. The fourth-order valence-corrected chi connectivity index (χ4v) is 4.01. The largest absolute Gasteiger partial charge is 0.481 e. The zero-order chi connectivity index (χ0) is 19.6. The van der Waals surface area contributed by atoms with Gasteiger partial charge in [0.1, 0.15) is 0 Å². The molecule has 1 aliphatic heterocycles. The van der Waals surface area contributed by atoms with E-state index >= 15 is 0 Å². The normalized spacial score (nSPS) is 23.3. The number of carboxylic acid groups (broad SMARTS) is 1. The predicted molar refractivity (Wildman–Crippen MR) is 103 cm³/mol. The van der Waals surface area contributed by atoms with Gasteiger partial charge in [0.2, 0.25) is 5.91 Å². The Morgan fingerprint density at radius 3 is 2.33 bits per heavy atom. The molecule has 0 spiro atoms. The second kappa shape index (κ2) is 8.11. The Balaban J connectivity index is 1.62. The Morgan fingerprint density at radius 2 is 1.74 bits per heavy atom. The van der Waals surface area contributed by atoms with Gasteiger partial charge in [-0.3, -0.25) is 14.4 Å². The zero-order valence-corrected chi connectivity index (χ0v) is 16.0. The number of benzene rings is 1. The number of carbonyl (C=O) groups excluding carboxylic acids is 2. The van der Waals surface area contributed by atoms with Crippen LogP contribution in [0.3, 0.4) is 0 Å². The SMILES string of the molecule is Cc1cc(C(=O)N2CCC(C)CC2)ccc1NC(=O)[C@@H]1CC[C@H](C(=O)O)C1. The van der Waals surface area contributed by atoms with Gasteiger partial charge in [-0.05, 0) is 68.7 Å². The van der Waals surface area contributed by atoms with Crippen molar-refractivity contribution in [1.82, 2.24) is 4.90 Å². The van der Waals surface area contributed by atoms with Gasteiger partial charge in [-0.2, -0.15) is 0 Å². The number of amides is 2. The first-order valence-corrected chi connectivity index (χ1v) is 9.78. The number of rotatable bonds is 4. The van der Waals surface area contributed by atoms with Crippen LogP contribution in [0.1, 0.15) is 54.9 Å². The molecule has 1 saturated carbocycles. The third-order valence-electron chi connectivity index (χ3n) is 5.95. The lowest BCUT2D eigenvalue weighted by Crippen LogP contribution is -2.37. The van der Waals surface area contributed by atoms with E-state index in [1.807, 2.05) is 17.9 Å². The van der Waals surface area contributed by atoms with E-state index in [1.165, 1.54) is 0 Å². The second-order valence-corrected chi connectivity index (χ2v) is 8.04. The quantitative estimate of drug-likeness (QED) is 0.849. The molecular weight excluding hydrogens is 344 g/mol. The van der Waals surface area contributed by atoms with Crippen molar-refractivity contribution < 1.29 is 19.5 Å². The van der Waals surface area contributed by atoms with Crippen LogP contribution in [-0.2, 0) is 9.59 Å². The molecule has 1 aromatic rings. The Kier molecular flexibility index (Phi) is 5.82. The van der Waals surface area contributed by atoms with Crippen LogP contribution in [0.15, 0.2) is 18.2 Å². The summed E-state index contributed by atoms with van der Waals surface area (Å²) in [6.45, 7) is 5.68. The summed E-state index contributed by atoms with van der Waals surface area (Å²) >= 11 is 0. The molecule has 6 nitrogen and oxygen atoms in total. The molecule has 0 unspecified atom stereocenters. The van der Waals surface area contributed by atoms with Gasteiger partial charge in [0.25, 0.3) is 5.91 Å². The lowest BCUT2D eigenvalue weighted by molar-refractivity contribution is -0.141. The number of nitrogens with zero attached hydrogens (tertiary/aromatic N) is 1. The minimum atomic E-state index is -0.823. The van der Waals surface area contributed by atoms with Gasteiger partial charge < -0.3 is 15.3 Å². The third kappa shape index (κ3) is 4.49. The number of nitrogens with one attached hydrogen (secondary N) is 1. The van der Waals surface area contributed by atoms with Crippen molar-refractivity contribution >= 4 is 23.5 Å². The summed E-state index contributed by atoms with van der Waals surface area (Å²) in [5, 5.41) is 12.0. The van der Waals surface area contributed by atoms with E-state index < -0.39 is 11.9 Å². The molecule has 0 bridgehead atoms. The number of aliphatic carboxylic acids is 1. The molecule has 3 rings (SSSR count). The maximum Gasteiger partial charge on any atom is 0.306 e. The van der Waals surface area contributed by atoms with Crippen molar-refractivity contribution in [2.24, 2.45) is 17.8 Å². The smallest absolute Gasteiger partial charge is 0.306 e. The number of anilines is 1. The highest BCUT2D eigenvalue weighted by atomic mass is 16.4. The molecule has 6 heteroatoms. The number of carboxylic acids is 1. The lowest BCUT2D eigenvalue weighted by Gasteiger charge is -2.30. The Morgan fingerprint density at radius 1 is 1.07 bits per heavy atom. The number of likely N-dealkylation sites (tertiary alicyclic amines) is 1. The van der Waals surface area contributed by atoms with E-state index in [-0.39, 0.29) is 17.7 Å². The van der Waals surface area contributed by atoms with Crippen molar-refractivity contribution in [2.45, 2.75) is 46.0 Å². The van der Waals surface area contributed by atoms with Gasteiger partial charge >= 0.3 is 5.97 Å². The molecule has 1 aromatic carbocycles. The molecule has 0 radical (unpaired) electrons. The lowest BCUT2D eigenvalue weighted by atomic mass is 9.98. The number of aryl methyl sites for hydroxylation is 1. The maximum absolute atomic E-state index is 12.7. The molecule has 1 heterocycles. The second-order valence-electron chi connectivity index (χ2n) is 8.04. The summed E-state index contributed by atoms with van der Waals surface area (Å²) in [4.78, 5) is 38.1. The molecule has 146 valence electrons. The minimum absolute atomic E-state index is 0.0444. The first-order chi connectivity index (χ1) is 12.8. The van der Waals surface area contributed by atoms with Gasteiger partial charge in [0.05, 0.1) is 5.92 Å². The van der Waals surface area contributed by atoms with Crippen molar-refractivity contribution in [1.29, 1.82) is 0 Å². The van der Waals surface area contributed by atoms with Gasteiger partial charge in [0.15, 0.2) is 0 Å². The molecule has 2 amide bonds. The summed E-state index contributed by atoms with van der Waals surface area (Å²) in [6, 6.07) is 5.36. The Labute approximate surface area is 159 Å². The van der Waals surface area contributed by atoms with Crippen molar-refractivity contribution in [3.63, 3.8) is 0 Å². The standard InChI is InChI=1S/C21H28N2O4/c1-13-7-9-23(10-8-13)20(25)16-5-6-18(14(2)11-16)22-19(24)15-3-4-17(12-15)21(26)27/h5-6,11,13,15,17H,3-4,7-10,12H2,1-2H3,(H,22,24)(H,26,27)/t15-,17+/m1/s1. The molecule has 1 saturated heterocycles. The highest BCUT2D eigenvalue weighted by molar-refractivity contribution is 5.97. The van der Waals surface area contributed by atoms with Crippen LogP contribution < -0.4 is 5.32 Å². The molecule has 2 atom stereocenters. The molecule has 1 aliphatic carbocycles. The summed E-state index contributed by atoms with van der Waals surface area (Å²) in [5.41, 5.74) is 2.17. The highest BCUT2D eigenvalue weighted by Gasteiger charge is 2.34. The van der Waals surface area contributed by atoms with Crippen LogP contribution in [0.25, 0.3) is 0 Å². The fourth-order valence-electron chi connectivity index (χ4n) is 4.01. The fraction of sp³-hybridized carbons (Fsp3) is 0.571. The van der Waals surface area contributed by atoms with Gasteiger partial charge in [-0.1, -0.05) is 6.92 Å². The van der Waals surface area contributed by atoms with Crippen LogP contribution in [0.4, 0.5) is 5.69 Å². The van der Waals surface area contributed by atoms with E-state index in [1.54, 1.807) is 12.1 Å². The van der Waals surface area contributed by atoms with E-state index in [0.29, 0.717) is 36.4 Å². The third-order valence-corrected chi connectivity index (χ3v) is 5.95. The number of hydrogen-bond donors (Lipinski definition) is 2. The Hall–Kier alpha value is -2.37. The van der Waals surface area contributed by atoms with Crippen LogP contribution >= 0.6 is 0 Å². The van der Waals surface area contributed by atoms with E-state index in [0.717, 1.165) is 31.5 Å². The summed E-state index contributed by atoms with van der Waals surface area (Å²) in [7, 11) is 0. The maximum atomic E-state index is 12.7. The number of piperidine rings is 1. The number of hydrogen-bond acceptors (Lipinski definition) is 3. The summed E-state index contributed by atoms with van der Waals surface area (Å²) < 4.78 is 0. The molecular formula is C21H28N2O4. The molecule has 2 fully saturated rings. The predicted octanol–water partition coefficient (Wildman–Crippen LogP) is 3.31. The van der Waals surface area contributed by atoms with Crippen LogP contribution in [-0.4, -0.2) is 40.9 Å². The van der Waals surface area contributed by atoms with Crippen molar-refractivity contribution in [3.05, 3.63) is 29.3 Å². The van der Waals surface area contributed by atoms with Crippen LogP contribution in [0, 0.1) is 24.7 Å². The van der Waals surface area contributed by atoms with E-state index in [9.17, 15) is 14.4 Å². The zero-order valence-electron chi connectivity index (χ0n) is 16.0. The summed E-state index contributed by atoms with van der Waals surface area (Å²) in [6.07, 6.45) is 3.62. The molecule has 27 heavy (non-hydrogen) atoms. The average molecular weight is 372 g/mol. The highest BCUT2D eigenvalue weighted by Crippen LogP contribution is 2.32. The first kappa shape index (κ1) is 19.4. The Bertz CT molecular complexity index is 738. The van der Waals surface area contributed by atoms with Crippen molar-refractivity contribution in [2.75, 3.05) is 18.4 Å². The van der Waals surface area contributed by atoms with E-state index in [2.05, 4.69) is 12.2 Å². The van der Waals surface area contributed by atoms with Crippen molar-refractivity contribution in [3.8, 4) is 0 Å².